The molecular weight excluding hydrogens is 295 g/mol. The summed E-state index contributed by atoms with van der Waals surface area (Å²) >= 11 is 0. The number of rotatable bonds is 1. The molecule has 0 spiro atoms. The largest absolute Gasteiger partial charge is 0.393 e. The maximum atomic E-state index is 13.1. The maximum Gasteiger partial charge on any atom is 0.393 e. The molecule has 1 unspecified atom stereocenters. The van der Waals surface area contributed by atoms with Crippen LogP contribution in [0.15, 0.2) is 6.33 Å². The minimum Gasteiger partial charge on any atom is -0.356 e. The molecule has 2 aliphatic rings. The zero-order valence-corrected chi connectivity index (χ0v) is 12.0. The van der Waals surface area contributed by atoms with E-state index in [1.54, 1.807) is 4.52 Å². The number of anilines is 1. The Hall–Kier alpha value is -1.86. The lowest BCUT2D eigenvalue weighted by atomic mass is 9.97. The average molecular weight is 311 g/mol. The first-order chi connectivity index (χ1) is 10.5. The first-order valence-electron chi connectivity index (χ1n) is 7.57. The molecule has 0 radical (unpaired) electrons. The second kappa shape index (κ2) is 4.82. The van der Waals surface area contributed by atoms with Crippen molar-refractivity contribution in [1.82, 2.24) is 19.6 Å². The van der Waals surface area contributed by atoms with Crippen molar-refractivity contribution < 1.29 is 13.2 Å². The fourth-order valence-corrected chi connectivity index (χ4v) is 3.56. The Bertz CT molecular complexity index is 708. The lowest BCUT2D eigenvalue weighted by Crippen LogP contribution is -2.43. The predicted octanol–water partition coefficient (Wildman–Crippen LogP) is 2.39. The molecule has 1 aliphatic carbocycles. The summed E-state index contributed by atoms with van der Waals surface area (Å²) in [6, 6.07) is 0. The predicted molar refractivity (Wildman–Crippen MR) is 73.8 cm³/mol. The van der Waals surface area contributed by atoms with Crippen molar-refractivity contribution in [3.05, 3.63) is 17.6 Å². The Morgan fingerprint density at radius 1 is 1.18 bits per heavy atom. The van der Waals surface area contributed by atoms with Gasteiger partial charge in [0.15, 0.2) is 0 Å². The number of piperidine rings is 1. The number of aryl methyl sites for hydroxylation is 1. The van der Waals surface area contributed by atoms with Crippen molar-refractivity contribution in [2.45, 2.75) is 38.3 Å². The normalized spacial score (nSPS) is 22.3. The highest BCUT2D eigenvalue weighted by atomic mass is 19.4. The van der Waals surface area contributed by atoms with E-state index in [1.165, 1.54) is 6.33 Å². The fourth-order valence-electron chi connectivity index (χ4n) is 3.56. The van der Waals surface area contributed by atoms with Crippen molar-refractivity contribution in [2.24, 2.45) is 5.92 Å². The molecular formula is C14H16F3N5. The van der Waals surface area contributed by atoms with E-state index in [0.717, 1.165) is 36.3 Å². The van der Waals surface area contributed by atoms with Crippen LogP contribution in [0.5, 0.6) is 0 Å². The highest BCUT2D eigenvalue weighted by Crippen LogP contribution is 2.37. The van der Waals surface area contributed by atoms with Crippen LogP contribution < -0.4 is 4.90 Å². The molecule has 1 saturated heterocycles. The quantitative estimate of drug-likeness (QED) is 0.811. The van der Waals surface area contributed by atoms with E-state index in [9.17, 15) is 13.2 Å². The van der Waals surface area contributed by atoms with Gasteiger partial charge in [-0.2, -0.15) is 27.8 Å². The number of nitrogens with zero attached hydrogens (tertiary/aromatic N) is 5. The zero-order valence-electron chi connectivity index (χ0n) is 12.0. The van der Waals surface area contributed by atoms with Crippen LogP contribution in [-0.4, -0.2) is 38.8 Å². The molecule has 2 aromatic heterocycles. The molecule has 0 bridgehead atoms. The summed E-state index contributed by atoms with van der Waals surface area (Å²) in [5.41, 5.74) is 2.01. The van der Waals surface area contributed by atoms with Gasteiger partial charge in [-0.3, -0.25) is 0 Å². The molecule has 22 heavy (non-hydrogen) atoms. The molecule has 1 atom stereocenters. The number of aromatic nitrogens is 4. The third-order valence-electron chi connectivity index (χ3n) is 4.61. The van der Waals surface area contributed by atoms with Crippen molar-refractivity contribution in [3.8, 4) is 0 Å². The first-order valence-corrected chi connectivity index (χ1v) is 7.57. The van der Waals surface area contributed by atoms with Gasteiger partial charge in [0.05, 0.1) is 11.6 Å². The number of hydrogen-bond donors (Lipinski definition) is 0. The highest BCUT2D eigenvalue weighted by molar-refractivity contribution is 5.56. The molecule has 1 aliphatic heterocycles. The van der Waals surface area contributed by atoms with Gasteiger partial charge in [-0.1, -0.05) is 0 Å². The van der Waals surface area contributed by atoms with Gasteiger partial charge in [-0.25, -0.2) is 4.98 Å². The standard InChI is InChI=1S/C14H16F3N5/c15-14(16,17)9-3-2-6-21(7-9)12-10-4-1-5-11(10)20-13-18-8-19-22(12)13/h8-9H,1-7H2. The van der Waals surface area contributed by atoms with Crippen molar-refractivity contribution in [3.63, 3.8) is 0 Å². The molecule has 0 aromatic carbocycles. The Morgan fingerprint density at radius 2 is 2.05 bits per heavy atom. The van der Waals surface area contributed by atoms with Gasteiger partial charge in [0.25, 0.3) is 5.78 Å². The Morgan fingerprint density at radius 3 is 2.86 bits per heavy atom. The number of halogens is 3. The van der Waals surface area contributed by atoms with Crippen LogP contribution in [0.3, 0.4) is 0 Å². The van der Waals surface area contributed by atoms with Crippen LogP contribution in [-0.2, 0) is 12.8 Å². The summed E-state index contributed by atoms with van der Waals surface area (Å²) in [5.74, 6) is -0.0289. The lowest BCUT2D eigenvalue weighted by Gasteiger charge is -2.36. The third-order valence-corrected chi connectivity index (χ3v) is 4.61. The van der Waals surface area contributed by atoms with E-state index in [0.29, 0.717) is 18.7 Å². The monoisotopic (exact) mass is 311 g/mol. The minimum atomic E-state index is -4.14. The van der Waals surface area contributed by atoms with Gasteiger partial charge in [0, 0.05) is 18.7 Å². The second-order valence-corrected chi connectivity index (χ2v) is 6.01. The van der Waals surface area contributed by atoms with E-state index in [2.05, 4.69) is 15.1 Å². The number of hydrogen-bond acceptors (Lipinski definition) is 4. The summed E-state index contributed by atoms with van der Waals surface area (Å²) in [4.78, 5) is 10.4. The van der Waals surface area contributed by atoms with Gasteiger partial charge in [0.2, 0.25) is 0 Å². The maximum absolute atomic E-state index is 13.1. The number of alkyl halides is 3. The van der Waals surface area contributed by atoms with Crippen LogP contribution in [0.2, 0.25) is 0 Å². The van der Waals surface area contributed by atoms with E-state index < -0.39 is 12.1 Å². The smallest absolute Gasteiger partial charge is 0.356 e. The van der Waals surface area contributed by atoms with Crippen LogP contribution in [0, 0.1) is 5.92 Å². The summed E-state index contributed by atoms with van der Waals surface area (Å²) in [5, 5.41) is 4.18. The second-order valence-electron chi connectivity index (χ2n) is 6.01. The van der Waals surface area contributed by atoms with Crippen molar-refractivity contribution in [2.75, 3.05) is 18.0 Å². The first kappa shape index (κ1) is 13.8. The third kappa shape index (κ3) is 2.12. The summed E-state index contributed by atoms with van der Waals surface area (Å²) in [6.07, 6.45) is 0.704. The molecule has 1 fully saturated rings. The Kier molecular flexibility index (Phi) is 3.02. The van der Waals surface area contributed by atoms with Crippen LogP contribution in [0.1, 0.15) is 30.5 Å². The lowest BCUT2D eigenvalue weighted by molar-refractivity contribution is -0.176. The van der Waals surface area contributed by atoms with Gasteiger partial charge in [-0.15, -0.1) is 0 Å². The van der Waals surface area contributed by atoms with E-state index >= 15 is 0 Å². The van der Waals surface area contributed by atoms with Crippen molar-refractivity contribution >= 4 is 11.6 Å². The van der Waals surface area contributed by atoms with Crippen molar-refractivity contribution in [1.29, 1.82) is 0 Å². The van der Waals surface area contributed by atoms with E-state index in [1.807, 2.05) is 4.90 Å². The van der Waals surface area contributed by atoms with E-state index in [-0.39, 0.29) is 13.0 Å². The molecule has 8 heteroatoms. The summed E-state index contributed by atoms with van der Waals surface area (Å²) in [6.45, 7) is 0.618. The van der Waals surface area contributed by atoms with Crippen LogP contribution in [0.25, 0.3) is 5.78 Å². The summed E-state index contributed by atoms with van der Waals surface area (Å²) in [7, 11) is 0. The highest BCUT2D eigenvalue weighted by Gasteiger charge is 2.42. The topological polar surface area (TPSA) is 46.3 Å². The average Bonchev–Trinajstić information content (AvgIpc) is 3.12. The molecule has 0 N–H and O–H groups in total. The Balaban J connectivity index is 1.79. The molecule has 2 aromatic rings. The van der Waals surface area contributed by atoms with Gasteiger partial charge < -0.3 is 4.90 Å². The van der Waals surface area contributed by atoms with Crippen LogP contribution in [0.4, 0.5) is 19.0 Å². The summed E-state index contributed by atoms with van der Waals surface area (Å²) < 4.78 is 40.9. The van der Waals surface area contributed by atoms with Crippen LogP contribution >= 0.6 is 0 Å². The molecule has 3 heterocycles. The molecule has 4 rings (SSSR count). The number of fused-ring (bicyclic) bond motifs is 2. The zero-order chi connectivity index (χ0) is 15.3. The van der Waals surface area contributed by atoms with Gasteiger partial charge in [-0.05, 0) is 32.1 Å². The molecule has 5 nitrogen and oxygen atoms in total. The molecule has 0 amide bonds. The minimum absolute atomic E-state index is 0.00505. The van der Waals surface area contributed by atoms with Gasteiger partial charge >= 0.3 is 6.18 Å². The Labute approximate surface area is 125 Å². The molecule has 118 valence electrons. The van der Waals surface area contributed by atoms with E-state index in [4.69, 9.17) is 0 Å². The SMILES string of the molecule is FC(F)(F)C1CCCN(c2c3c(nc4ncnn24)CCC3)C1. The van der Waals surface area contributed by atoms with Gasteiger partial charge in [0.1, 0.15) is 12.1 Å². The molecule has 0 saturated carbocycles. The fraction of sp³-hybridized carbons (Fsp3) is 0.643.